The van der Waals surface area contributed by atoms with Crippen LogP contribution < -0.4 is 16.0 Å². The minimum atomic E-state index is -0.725. The number of carbonyl (C=O) groups excluding carboxylic acids is 1. The number of amides is 1. The van der Waals surface area contributed by atoms with Crippen molar-refractivity contribution in [2.24, 2.45) is 5.90 Å². The highest BCUT2D eigenvalue weighted by atomic mass is 32.1. The zero-order valence-corrected chi connectivity index (χ0v) is 12.2. The van der Waals surface area contributed by atoms with Crippen molar-refractivity contribution < 1.29 is 19.1 Å². The van der Waals surface area contributed by atoms with Gasteiger partial charge in [0.05, 0.1) is 0 Å². The van der Waals surface area contributed by atoms with Gasteiger partial charge in [-0.05, 0) is 20.8 Å². The lowest BCUT2D eigenvalue weighted by molar-refractivity contribution is 0.0563. The smallest absolute Gasteiger partial charge is 0.413 e. The second-order valence-corrected chi connectivity index (χ2v) is 5.53. The summed E-state index contributed by atoms with van der Waals surface area (Å²) in [5.41, 5.74) is -0.637. The molecule has 0 atom stereocenters. The number of hydrogen-bond acceptors (Lipinski definition) is 9. The SMILES string of the molecule is CC(C)(C)OC(=O)NC(=N)c1nnc(OCCON)s1. The molecule has 0 aromatic carbocycles. The third-order valence-corrected chi connectivity index (χ3v) is 2.53. The molecule has 1 rings (SSSR count). The number of nitrogens with two attached hydrogens (primary N) is 1. The molecule has 0 unspecified atom stereocenters. The number of carbonyl (C=O) groups is 1. The van der Waals surface area contributed by atoms with Gasteiger partial charge in [0.2, 0.25) is 0 Å². The zero-order valence-electron chi connectivity index (χ0n) is 11.4. The van der Waals surface area contributed by atoms with Gasteiger partial charge in [-0.25, -0.2) is 10.7 Å². The van der Waals surface area contributed by atoms with E-state index < -0.39 is 11.7 Å². The van der Waals surface area contributed by atoms with Crippen LogP contribution in [0.25, 0.3) is 0 Å². The van der Waals surface area contributed by atoms with Crippen molar-refractivity contribution in [3.63, 3.8) is 0 Å². The number of ether oxygens (including phenoxy) is 2. The maximum atomic E-state index is 11.5. The second kappa shape index (κ2) is 7.12. The number of nitrogens with one attached hydrogen (secondary N) is 2. The van der Waals surface area contributed by atoms with Crippen molar-refractivity contribution >= 4 is 23.3 Å². The number of aromatic nitrogens is 2. The molecule has 0 spiro atoms. The summed E-state index contributed by atoms with van der Waals surface area (Å²) in [6, 6.07) is 0. The molecule has 112 valence electrons. The normalized spacial score (nSPS) is 11.0. The van der Waals surface area contributed by atoms with Crippen LogP contribution in [0.4, 0.5) is 4.79 Å². The van der Waals surface area contributed by atoms with Crippen molar-refractivity contribution in [2.75, 3.05) is 13.2 Å². The van der Waals surface area contributed by atoms with Crippen LogP contribution in [0.1, 0.15) is 25.8 Å². The molecule has 0 fully saturated rings. The number of nitrogens with zero attached hydrogens (tertiary/aromatic N) is 2. The third kappa shape index (κ3) is 5.91. The average molecular weight is 303 g/mol. The van der Waals surface area contributed by atoms with Crippen molar-refractivity contribution in [3.8, 4) is 5.19 Å². The molecule has 0 saturated heterocycles. The largest absolute Gasteiger partial charge is 0.466 e. The molecule has 1 heterocycles. The molecule has 1 aromatic heterocycles. The maximum absolute atomic E-state index is 11.5. The molecular formula is C10H17N5O4S. The Morgan fingerprint density at radius 3 is 2.70 bits per heavy atom. The van der Waals surface area contributed by atoms with Crippen molar-refractivity contribution in [1.29, 1.82) is 5.41 Å². The number of amidine groups is 1. The van der Waals surface area contributed by atoms with Crippen LogP contribution in [0.5, 0.6) is 5.19 Å². The Balaban J connectivity index is 2.49. The zero-order chi connectivity index (χ0) is 15.2. The predicted octanol–water partition coefficient (Wildman–Crippen LogP) is 0.657. The molecule has 1 amide bonds. The molecule has 9 nitrogen and oxygen atoms in total. The van der Waals surface area contributed by atoms with Crippen LogP contribution in [-0.2, 0) is 9.57 Å². The highest BCUT2D eigenvalue weighted by molar-refractivity contribution is 7.15. The quantitative estimate of drug-likeness (QED) is 0.315. The molecule has 0 saturated carbocycles. The number of rotatable bonds is 5. The first-order valence-corrected chi connectivity index (χ1v) is 6.50. The lowest BCUT2D eigenvalue weighted by Crippen LogP contribution is -2.36. The Morgan fingerprint density at radius 2 is 2.10 bits per heavy atom. The van der Waals surface area contributed by atoms with Crippen LogP contribution in [-0.4, -0.2) is 40.9 Å². The van der Waals surface area contributed by atoms with E-state index in [1.165, 1.54) is 0 Å². The molecule has 20 heavy (non-hydrogen) atoms. The van der Waals surface area contributed by atoms with Gasteiger partial charge >= 0.3 is 6.09 Å². The van der Waals surface area contributed by atoms with E-state index in [-0.39, 0.29) is 29.3 Å². The van der Waals surface area contributed by atoms with Gasteiger partial charge in [0, 0.05) is 0 Å². The molecule has 10 heteroatoms. The fourth-order valence-corrected chi connectivity index (χ4v) is 1.63. The first-order chi connectivity index (χ1) is 9.31. The summed E-state index contributed by atoms with van der Waals surface area (Å²) in [4.78, 5) is 15.8. The van der Waals surface area contributed by atoms with Gasteiger partial charge in [0.15, 0.2) is 10.8 Å². The summed E-state index contributed by atoms with van der Waals surface area (Å²) in [5, 5.41) is 17.8. The Hall–Kier alpha value is -1.78. The van der Waals surface area contributed by atoms with Gasteiger partial charge in [-0.3, -0.25) is 10.7 Å². The molecule has 0 aliphatic heterocycles. The van der Waals surface area contributed by atoms with Gasteiger partial charge in [0.25, 0.3) is 5.19 Å². The van der Waals surface area contributed by atoms with Crippen LogP contribution in [0.15, 0.2) is 0 Å². The van der Waals surface area contributed by atoms with Gasteiger partial charge in [-0.15, -0.1) is 5.10 Å². The second-order valence-electron chi connectivity index (χ2n) is 4.59. The Kier molecular flexibility index (Phi) is 5.80. The first kappa shape index (κ1) is 16.3. The molecule has 1 aromatic rings. The maximum Gasteiger partial charge on any atom is 0.413 e. The first-order valence-electron chi connectivity index (χ1n) is 5.69. The van der Waals surface area contributed by atoms with E-state index in [1.807, 2.05) is 0 Å². The molecule has 4 N–H and O–H groups in total. The van der Waals surface area contributed by atoms with Gasteiger partial charge in [0.1, 0.15) is 18.8 Å². The van der Waals surface area contributed by atoms with E-state index in [0.29, 0.717) is 0 Å². The van der Waals surface area contributed by atoms with Crippen LogP contribution >= 0.6 is 11.3 Å². The van der Waals surface area contributed by atoms with Gasteiger partial charge in [-0.1, -0.05) is 16.4 Å². The Morgan fingerprint density at radius 1 is 1.40 bits per heavy atom. The average Bonchev–Trinajstić information content (AvgIpc) is 2.75. The molecule has 0 aliphatic carbocycles. The molecule has 0 radical (unpaired) electrons. The summed E-state index contributed by atoms with van der Waals surface area (Å²) >= 11 is 1.02. The van der Waals surface area contributed by atoms with E-state index >= 15 is 0 Å². The lowest BCUT2D eigenvalue weighted by atomic mass is 10.2. The van der Waals surface area contributed by atoms with E-state index in [0.717, 1.165) is 11.3 Å². The fourth-order valence-electron chi connectivity index (χ4n) is 1.01. The van der Waals surface area contributed by atoms with E-state index in [9.17, 15) is 4.79 Å². The lowest BCUT2D eigenvalue weighted by Gasteiger charge is -2.19. The third-order valence-electron chi connectivity index (χ3n) is 1.67. The topological polar surface area (TPSA) is 132 Å². The van der Waals surface area contributed by atoms with E-state index in [4.69, 9.17) is 20.8 Å². The van der Waals surface area contributed by atoms with Crippen LogP contribution in [0, 0.1) is 5.41 Å². The number of alkyl carbamates (subject to hydrolysis) is 1. The minimum Gasteiger partial charge on any atom is -0.466 e. The van der Waals surface area contributed by atoms with Crippen molar-refractivity contribution in [3.05, 3.63) is 5.01 Å². The van der Waals surface area contributed by atoms with E-state index in [2.05, 4.69) is 20.4 Å². The van der Waals surface area contributed by atoms with Gasteiger partial charge in [-0.2, -0.15) is 0 Å². The highest BCUT2D eigenvalue weighted by Gasteiger charge is 2.19. The highest BCUT2D eigenvalue weighted by Crippen LogP contribution is 2.17. The summed E-state index contributed by atoms with van der Waals surface area (Å²) in [6.07, 6.45) is -0.725. The monoisotopic (exact) mass is 303 g/mol. The summed E-state index contributed by atoms with van der Waals surface area (Å²) in [5.74, 6) is 4.64. The van der Waals surface area contributed by atoms with Crippen LogP contribution in [0.2, 0.25) is 0 Å². The summed E-state index contributed by atoms with van der Waals surface area (Å²) in [6.45, 7) is 5.62. The Bertz CT molecular complexity index is 470. The Labute approximate surface area is 119 Å². The summed E-state index contributed by atoms with van der Waals surface area (Å²) in [7, 11) is 0. The molecular weight excluding hydrogens is 286 g/mol. The number of hydrogen-bond donors (Lipinski definition) is 3. The predicted molar refractivity (Wildman–Crippen MR) is 71.7 cm³/mol. The molecule has 0 bridgehead atoms. The van der Waals surface area contributed by atoms with E-state index in [1.54, 1.807) is 20.8 Å². The minimum absolute atomic E-state index is 0.207. The fraction of sp³-hybridized carbons (Fsp3) is 0.600. The molecule has 0 aliphatic rings. The summed E-state index contributed by atoms with van der Waals surface area (Å²) < 4.78 is 10.2. The van der Waals surface area contributed by atoms with Crippen molar-refractivity contribution in [2.45, 2.75) is 26.4 Å². The van der Waals surface area contributed by atoms with Gasteiger partial charge < -0.3 is 14.3 Å². The van der Waals surface area contributed by atoms with Crippen molar-refractivity contribution in [1.82, 2.24) is 15.5 Å². The standard InChI is InChI=1S/C10H17N5O4S/c1-10(2,3)19-8(16)13-6(11)7-14-15-9(20-7)17-4-5-18-12/h4-5,12H2,1-3H3,(H2,11,13,16). The van der Waals surface area contributed by atoms with Crippen LogP contribution in [0.3, 0.4) is 0 Å².